The molecule has 0 unspecified atom stereocenters. The number of amides is 1. The third kappa shape index (κ3) is 3.45. The van der Waals surface area contributed by atoms with Crippen LogP contribution in [0.25, 0.3) is 16.5 Å². The van der Waals surface area contributed by atoms with Crippen LogP contribution in [0.15, 0.2) is 42.6 Å². The standard InChI is InChI=1S/C27H28FN3O/c28-22-4-5-25-23(16-22)24(17-29-25)19-7-11-30(12-8-19)10-1-2-18-14-20-3-6-26(32)31-13-9-21(15-18)27(20)31/h4-5,7,14-17,29H,1-3,6,8-13H2. The molecule has 0 aliphatic carbocycles. The van der Waals surface area contributed by atoms with Gasteiger partial charge in [-0.3, -0.25) is 9.69 Å². The van der Waals surface area contributed by atoms with Crippen molar-refractivity contribution < 1.29 is 9.18 Å². The van der Waals surface area contributed by atoms with Crippen LogP contribution in [0.2, 0.25) is 0 Å². The zero-order valence-electron chi connectivity index (χ0n) is 18.3. The minimum Gasteiger partial charge on any atom is -0.361 e. The molecule has 0 atom stereocenters. The highest BCUT2D eigenvalue weighted by Crippen LogP contribution is 2.37. The van der Waals surface area contributed by atoms with Gasteiger partial charge in [0, 0.05) is 48.7 Å². The zero-order valence-corrected chi connectivity index (χ0v) is 18.3. The monoisotopic (exact) mass is 429 g/mol. The van der Waals surface area contributed by atoms with Crippen LogP contribution in [0.5, 0.6) is 0 Å². The number of aromatic amines is 1. The van der Waals surface area contributed by atoms with E-state index in [0.29, 0.717) is 12.3 Å². The summed E-state index contributed by atoms with van der Waals surface area (Å²) in [5.41, 5.74) is 8.82. The van der Waals surface area contributed by atoms with Gasteiger partial charge in [-0.05, 0) is 79.1 Å². The minimum absolute atomic E-state index is 0.184. The second-order valence-electron chi connectivity index (χ2n) is 9.33. The van der Waals surface area contributed by atoms with E-state index >= 15 is 0 Å². The lowest BCUT2D eigenvalue weighted by Crippen LogP contribution is -2.32. The van der Waals surface area contributed by atoms with Crippen molar-refractivity contribution in [1.82, 2.24) is 9.88 Å². The zero-order chi connectivity index (χ0) is 21.7. The molecular weight excluding hydrogens is 401 g/mol. The third-order valence-electron chi connectivity index (χ3n) is 7.33. The average molecular weight is 430 g/mol. The molecule has 0 radical (unpaired) electrons. The molecule has 0 saturated carbocycles. The molecule has 3 aromatic rings. The molecule has 0 bridgehead atoms. The number of H-pyrrole nitrogens is 1. The number of benzene rings is 2. The Bertz CT molecular complexity index is 1240. The van der Waals surface area contributed by atoms with Crippen molar-refractivity contribution in [2.75, 3.05) is 31.1 Å². The molecule has 32 heavy (non-hydrogen) atoms. The van der Waals surface area contributed by atoms with Crippen LogP contribution in [-0.2, 0) is 24.1 Å². The first-order valence-electron chi connectivity index (χ1n) is 11.8. The van der Waals surface area contributed by atoms with Gasteiger partial charge < -0.3 is 9.88 Å². The van der Waals surface area contributed by atoms with E-state index in [1.54, 1.807) is 6.07 Å². The lowest BCUT2D eigenvalue weighted by molar-refractivity contribution is -0.118. The number of aryl methyl sites for hydroxylation is 2. The fourth-order valence-corrected chi connectivity index (χ4v) is 5.70. The Morgan fingerprint density at radius 1 is 1.00 bits per heavy atom. The number of anilines is 1. The van der Waals surface area contributed by atoms with Crippen LogP contribution in [0.4, 0.5) is 10.1 Å². The quantitative estimate of drug-likeness (QED) is 0.629. The summed E-state index contributed by atoms with van der Waals surface area (Å²) in [7, 11) is 0. The number of rotatable bonds is 5. The highest BCUT2D eigenvalue weighted by Gasteiger charge is 2.31. The molecule has 0 fully saturated rings. The molecule has 3 aliphatic rings. The van der Waals surface area contributed by atoms with E-state index < -0.39 is 0 Å². The Morgan fingerprint density at radius 2 is 1.88 bits per heavy atom. The summed E-state index contributed by atoms with van der Waals surface area (Å²) in [5, 5.41) is 0.977. The number of fused-ring (bicyclic) bond motifs is 1. The van der Waals surface area contributed by atoms with Gasteiger partial charge in [-0.2, -0.15) is 0 Å². The van der Waals surface area contributed by atoms with Gasteiger partial charge in [0.2, 0.25) is 5.91 Å². The SMILES string of the molecule is O=C1CCc2cc(CCCN3CC=C(c4c[nH]c5ccc(F)cc45)CC3)cc3c2N1CC3. The fraction of sp³-hybridized carbons (Fsp3) is 0.370. The first-order valence-corrected chi connectivity index (χ1v) is 11.8. The van der Waals surface area contributed by atoms with Crippen molar-refractivity contribution in [2.45, 2.75) is 38.5 Å². The second kappa shape index (κ2) is 7.89. The Morgan fingerprint density at radius 3 is 2.72 bits per heavy atom. The lowest BCUT2D eigenvalue weighted by Gasteiger charge is -2.27. The fourth-order valence-electron chi connectivity index (χ4n) is 5.70. The van der Waals surface area contributed by atoms with Crippen molar-refractivity contribution in [2.24, 2.45) is 0 Å². The van der Waals surface area contributed by atoms with Crippen molar-refractivity contribution in [3.8, 4) is 0 Å². The van der Waals surface area contributed by atoms with Crippen LogP contribution < -0.4 is 4.90 Å². The van der Waals surface area contributed by atoms with Gasteiger partial charge in [0.25, 0.3) is 0 Å². The number of carbonyl (C=O) groups is 1. The molecule has 164 valence electrons. The van der Waals surface area contributed by atoms with Gasteiger partial charge >= 0.3 is 0 Å². The lowest BCUT2D eigenvalue weighted by atomic mass is 9.95. The average Bonchev–Trinajstić information content (AvgIpc) is 3.42. The first-order chi connectivity index (χ1) is 15.7. The van der Waals surface area contributed by atoms with Gasteiger partial charge in [-0.25, -0.2) is 4.39 Å². The van der Waals surface area contributed by atoms with Gasteiger partial charge in [0.15, 0.2) is 0 Å². The molecule has 0 spiro atoms. The number of hydrogen-bond donors (Lipinski definition) is 1. The maximum absolute atomic E-state index is 13.7. The van der Waals surface area contributed by atoms with Gasteiger partial charge in [0.1, 0.15) is 5.82 Å². The van der Waals surface area contributed by atoms with E-state index in [4.69, 9.17) is 0 Å². The van der Waals surface area contributed by atoms with Crippen LogP contribution in [0.1, 0.15) is 41.5 Å². The Hall–Kier alpha value is -2.92. The molecule has 6 rings (SSSR count). The second-order valence-corrected chi connectivity index (χ2v) is 9.33. The number of halogens is 1. The van der Waals surface area contributed by atoms with Crippen LogP contribution in [0.3, 0.4) is 0 Å². The Kier molecular flexibility index (Phi) is 4.87. The van der Waals surface area contributed by atoms with Crippen molar-refractivity contribution in [3.05, 3.63) is 70.7 Å². The van der Waals surface area contributed by atoms with E-state index in [0.717, 1.165) is 74.7 Å². The van der Waals surface area contributed by atoms with Crippen molar-refractivity contribution in [1.29, 1.82) is 0 Å². The summed E-state index contributed by atoms with van der Waals surface area (Å²) < 4.78 is 13.7. The molecule has 1 N–H and O–H groups in total. The summed E-state index contributed by atoms with van der Waals surface area (Å²) in [6.45, 7) is 3.93. The molecule has 4 heterocycles. The number of hydrogen-bond acceptors (Lipinski definition) is 2. The van der Waals surface area contributed by atoms with Crippen molar-refractivity contribution in [3.63, 3.8) is 0 Å². The van der Waals surface area contributed by atoms with E-state index in [-0.39, 0.29) is 5.82 Å². The largest absolute Gasteiger partial charge is 0.361 e. The van der Waals surface area contributed by atoms with Gasteiger partial charge in [-0.15, -0.1) is 0 Å². The predicted octanol–water partition coefficient (Wildman–Crippen LogP) is 4.86. The highest BCUT2D eigenvalue weighted by molar-refractivity contribution is 5.98. The topological polar surface area (TPSA) is 39.3 Å². The number of nitrogens with zero attached hydrogens (tertiary/aromatic N) is 2. The molecule has 1 aromatic heterocycles. The molecule has 1 amide bonds. The summed E-state index contributed by atoms with van der Waals surface area (Å²) in [4.78, 5) is 19.9. The highest BCUT2D eigenvalue weighted by atomic mass is 19.1. The summed E-state index contributed by atoms with van der Waals surface area (Å²) in [6, 6.07) is 9.63. The molecular formula is C27H28FN3O. The molecule has 4 nitrogen and oxygen atoms in total. The number of carbonyl (C=O) groups excluding carboxylic acids is 1. The van der Waals surface area contributed by atoms with E-state index in [1.165, 1.54) is 34.0 Å². The summed E-state index contributed by atoms with van der Waals surface area (Å²) in [5.74, 6) is 0.107. The van der Waals surface area contributed by atoms with Crippen LogP contribution >= 0.6 is 0 Å². The Labute approximate surface area is 187 Å². The number of aromatic nitrogens is 1. The number of nitrogens with one attached hydrogen (secondary N) is 1. The summed E-state index contributed by atoms with van der Waals surface area (Å²) in [6.07, 6.45) is 10.1. The van der Waals surface area contributed by atoms with E-state index in [2.05, 4.69) is 28.1 Å². The van der Waals surface area contributed by atoms with Gasteiger partial charge in [-0.1, -0.05) is 18.2 Å². The van der Waals surface area contributed by atoms with Crippen LogP contribution in [0, 0.1) is 5.82 Å². The van der Waals surface area contributed by atoms with Gasteiger partial charge in [0.05, 0.1) is 5.69 Å². The van der Waals surface area contributed by atoms with Crippen LogP contribution in [-0.4, -0.2) is 42.0 Å². The first kappa shape index (κ1) is 19.7. The third-order valence-corrected chi connectivity index (χ3v) is 7.33. The normalized spacial score (nSPS) is 18.3. The Balaban J connectivity index is 1.08. The smallest absolute Gasteiger partial charge is 0.227 e. The predicted molar refractivity (Wildman–Crippen MR) is 126 cm³/mol. The maximum Gasteiger partial charge on any atom is 0.227 e. The molecule has 2 aromatic carbocycles. The molecule has 5 heteroatoms. The molecule has 3 aliphatic heterocycles. The van der Waals surface area contributed by atoms with Crippen molar-refractivity contribution >= 4 is 28.1 Å². The van der Waals surface area contributed by atoms with E-state index in [1.807, 2.05) is 17.2 Å². The minimum atomic E-state index is -0.184. The maximum atomic E-state index is 13.7. The van der Waals surface area contributed by atoms with E-state index in [9.17, 15) is 9.18 Å². The molecule has 0 saturated heterocycles. The summed E-state index contributed by atoms with van der Waals surface area (Å²) >= 11 is 0.